The van der Waals surface area contributed by atoms with Crippen molar-refractivity contribution in [1.82, 2.24) is 0 Å². The highest BCUT2D eigenvalue weighted by atomic mass is 32.2. The molecular formula is C33H35NO4S. The minimum absolute atomic E-state index is 0.0425. The van der Waals surface area contributed by atoms with Crippen molar-refractivity contribution in [3.8, 4) is 5.75 Å². The van der Waals surface area contributed by atoms with Gasteiger partial charge in [0, 0.05) is 5.41 Å². The number of rotatable bonds is 11. The molecule has 1 amide bonds. The lowest BCUT2D eigenvalue weighted by Crippen LogP contribution is -2.40. The third-order valence-electron chi connectivity index (χ3n) is 6.93. The van der Waals surface area contributed by atoms with Gasteiger partial charge in [0.25, 0.3) is 15.9 Å². The van der Waals surface area contributed by atoms with Crippen molar-refractivity contribution in [3.63, 3.8) is 0 Å². The molecule has 0 spiro atoms. The first-order chi connectivity index (χ1) is 18.7. The Morgan fingerprint density at radius 1 is 0.769 bits per heavy atom. The van der Waals surface area contributed by atoms with Crippen LogP contribution in [0.15, 0.2) is 114 Å². The van der Waals surface area contributed by atoms with Crippen LogP contribution in [0.1, 0.15) is 50.3 Å². The summed E-state index contributed by atoms with van der Waals surface area (Å²) in [7, 11) is -4.14. The summed E-state index contributed by atoms with van der Waals surface area (Å²) >= 11 is 0. The zero-order chi connectivity index (χ0) is 27.9. The maximum absolute atomic E-state index is 13.6. The molecule has 0 aliphatic heterocycles. The van der Waals surface area contributed by atoms with Crippen LogP contribution in [0.25, 0.3) is 0 Å². The molecule has 0 atom stereocenters. The van der Waals surface area contributed by atoms with Gasteiger partial charge < -0.3 is 4.74 Å². The molecule has 4 aromatic rings. The Balaban J connectivity index is 1.55. The first-order valence-electron chi connectivity index (χ1n) is 13.2. The van der Waals surface area contributed by atoms with Gasteiger partial charge >= 0.3 is 0 Å². The number of anilines is 1. The Bertz CT molecular complexity index is 1460. The van der Waals surface area contributed by atoms with E-state index < -0.39 is 22.5 Å². The van der Waals surface area contributed by atoms with Gasteiger partial charge in [-0.15, -0.1) is 0 Å². The predicted molar refractivity (Wildman–Crippen MR) is 157 cm³/mol. The average Bonchev–Trinajstić information content (AvgIpc) is 2.97. The van der Waals surface area contributed by atoms with Crippen molar-refractivity contribution in [1.29, 1.82) is 0 Å². The van der Waals surface area contributed by atoms with Gasteiger partial charge in [0.1, 0.15) is 5.75 Å². The molecule has 5 nitrogen and oxygen atoms in total. The van der Waals surface area contributed by atoms with Gasteiger partial charge in [0.2, 0.25) is 0 Å². The molecule has 0 saturated heterocycles. The summed E-state index contributed by atoms with van der Waals surface area (Å²) in [5.74, 6) is -0.184. The zero-order valence-corrected chi connectivity index (χ0v) is 23.5. The lowest BCUT2D eigenvalue weighted by molar-refractivity contribution is -0.119. The van der Waals surface area contributed by atoms with Crippen LogP contribution < -0.4 is 9.04 Å². The molecule has 4 rings (SSSR count). The minimum atomic E-state index is -4.14. The second-order valence-corrected chi connectivity index (χ2v) is 11.8. The molecule has 0 saturated carbocycles. The fraction of sp³-hybridized carbons (Fsp3) is 0.242. The van der Waals surface area contributed by atoms with E-state index in [2.05, 4.69) is 32.9 Å². The summed E-state index contributed by atoms with van der Waals surface area (Å²) in [6.45, 7) is 6.01. The number of unbranched alkanes of at least 4 members (excludes halogenated alkanes) is 1. The van der Waals surface area contributed by atoms with E-state index in [-0.39, 0.29) is 16.0 Å². The number of benzene rings is 4. The fourth-order valence-electron chi connectivity index (χ4n) is 4.49. The van der Waals surface area contributed by atoms with Gasteiger partial charge in [-0.25, -0.2) is 8.42 Å². The Morgan fingerprint density at radius 3 is 1.92 bits per heavy atom. The molecule has 0 unspecified atom stereocenters. The zero-order valence-electron chi connectivity index (χ0n) is 22.7. The highest BCUT2D eigenvalue weighted by Crippen LogP contribution is 2.32. The smallest absolute Gasteiger partial charge is 0.278 e. The number of amides is 1. The molecule has 6 heteroatoms. The molecule has 0 radical (unpaired) electrons. The fourth-order valence-corrected chi connectivity index (χ4v) is 5.92. The number of carbonyl (C=O) groups excluding carboxylic acids is 1. The van der Waals surface area contributed by atoms with E-state index in [0.29, 0.717) is 5.75 Å². The van der Waals surface area contributed by atoms with Crippen molar-refractivity contribution in [2.24, 2.45) is 0 Å². The van der Waals surface area contributed by atoms with Gasteiger partial charge in [-0.2, -0.15) is 4.31 Å². The highest BCUT2D eigenvalue weighted by Gasteiger charge is 2.31. The van der Waals surface area contributed by atoms with Crippen molar-refractivity contribution < 1.29 is 17.9 Å². The summed E-state index contributed by atoms with van der Waals surface area (Å²) in [4.78, 5) is 13.5. The molecule has 0 heterocycles. The van der Waals surface area contributed by atoms with Gasteiger partial charge in [0.15, 0.2) is 6.61 Å². The van der Waals surface area contributed by atoms with Gasteiger partial charge in [0.05, 0.1) is 10.6 Å². The van der Waals surface area contributed by atoms with E-state index in [9.17, 15) is 13.2 Å². The number of nitrogens with zero attached hydrogens (tertiary/aromatic N) is 1. The summed E-state index contributed by atoms with van der Waals surface area (Å²) < 4.78 is 33.8. The molecule has 0 N–H and O–H groups in total. The summed E-state index contributed by atoms with van der Waals surface area (Å²) in [5, 5.41) is 0. The second kappa shape index (κ2) is 12.3. The van der Waals surface area contributed by atoms with Crippen molar-refractivity contribution in [3.05, 3.63) is 126 Å². The number of hydrogen-bond donors (Lipinski definition) is 0. The quantitative estimate of drug-likeness (QED) is 0.202. The van der Waals surface area contributed by atoms with E-state index in [1.807, 2.05) is 54.6 Å². The number of hydrogen-bond acceptors (Lipinski definition) is 4. The molecule has 0 aliphatic rings. The first-order valence-corrected chi connectivity index (χ1v) is 14.7. The van der Waals surface area contributed by atoms with Crippen LogP contribution in [0.2, 0.25) is 0 Å². The number of sulfonamides is 1. The molecular weight excluding hydrogens is 506 g/mol. The minimum Gasteiger partial charge on any atom is -0.484 e. The van der Waals surface area contributed by atoms with Gasteiger partial charge in [-0.1, -0.05) is 100.0 Å². The standard InChI is InChI=1S/C33H35NO4S/c1-4-5-12-26-17-21-29(22-18-26)34(39(36,37)31-15-10-7-11-16-31)32(35)25-38-30-23-19-28(20-24-30)33(2,3)27-13-8-6-9-14-27/h6-11,13-24H,4-5,12,25H2,1-3H3. The van der Waals surface area contributed by atoms with Crippen molar-refractivity contribution >= 4 is 21.6 Å². The average molecular weight is 542 g/mol. The Labute approximate surface area is 232 Å². The third kappa shape index (κ3) is 6.58. The molecule has 0 fully saturated rings. The number of carbonyl (C=O) groups is 1. The normalized spacial score (nSPS) is 11.7. The van der Waals surface area contributed by atoms with E-state index >= 15 is 0 Å². The van der Waals surface area contributed by atoms with Crippen LogP contribution in [0.4, 0.5) is 5.69 Å². The third-order valence-corrected chi connectivity index (χ3v) is 8.69. The first kappa shape index (κ1) is 28.1. The van der Waals surface area contributed by atoms with Gasteiger partial charge in [-0.05, 0) is 65.9 Å². The number of aryl methyl sites for hydroxylation is 1. The largest absolute Gasteiger partial charge is 0.484 e. The topological polar surface area (TPSA) is 63.7 Å². The van der Waals surface area contributed by atoms with Crippen LogP contribution >= 0.6 is 0 Å². The maximum atomic E-state index is 13.6. The summed E-state index contributed by atoms with van der Waals surface area (Å²) in [6, 6.07) is 32.9. The monoisotopic (exact) mass is 541 g/mol. The van der Waals surface area contributed by atoms with Gasteiger partial charge in [-0.3, -0.25) is 4.79 Å². The Kier molecular flexibility index (Phi) is 8.87. The van der Waals surface area contributed by atoms with Crippen LogP contribution in [-0.4, -0.2) is 20.9 Å². The summed E-state index contributed by atoms with van der Waals surface area (Å²) in [5.41, 5.74) is 3.46. The second-order valence-electron chi connectivity index (χ2n) is 10.1. The molecule has 0 aliphatic carbocycles. The van der Waals surface area contributed by atoms with Crippen molar-refractivity contribution in [2.75, 3.05) is 10.9 Å². The van der Waals surface area contributed by atoms with Crippen LogP contribution in [0, 0.1) is 0 Å². The summed E-state index contributed by atoms with van der Waals surface area (Å²) in [6.07, 6.45) is 3.01. The Hall–Kier alpha value is -3.90. The molecule has 202 valence electrons. The Morgan fingerprint density at radius 2 is 1.33 bits per heavy atom. The van der Waals surface area contributed by atoms with E-state index in [0.717, 1.165) is 34.7 Å². The SMILES string of the molecule is CCCCc1ccc(N(C(=O)COc2ccc(C(C)(C)c3ccccc3)cc2)S(=O)(=O)c2ccccc2)cc1. The van der Waals surface area contributed by atoms with Crippen LogP contribution in [0.5, 0.6) is 5.75 Å². The molecule has 39 heavy (non-hydrogen) atoms. The van der Waals surface area contributed by atoms with E-state index in [1.165, 1.54) is 17.7 Å². The van der Waals surface area contributed by atoms with Crippen LogP contribution in [0.3, 0.4) is 0 Å². The maximum Gasteiger partial charge on any atom is 0.278 e. The lowest BCUT2D eigenvalue weighted by Gasteiger charge is -2.26. The molecule has 4 aromatic carbocycles. The van der Waals surface area contributed by atoms with Crippen molar-refractivity contribution in [2.45, 2.75) is 50.3 Å². The van der Waals surface area contributed by atoms with E-state index in [1.54, 1.807) is 30.3 Å². The predicted octanol–water partition coefficient (Wildman–Crippen LogP) is 7.16. The van der Waals surface area contributed by atoms with Crippen LogP contribution in [-0.2, 0) is 26.7 Å². The van der Waals surface area contributed by atoms with E-state index in [4.69, 9.17) is 4.74 Å². The number of ether oxygens (including phenoxy) is 1. The molecule has 0 bridgehead atoms. The lowest BCUT2D eigenvalue weighted by atomic mass is 9.78. The molecule has 0 aromatic heterocycles. The highest BCUT2D eigenvalue weighted by molar-refractivity contribution is 7.93.